The predicted molar refractivity (Wildman–Crippen MR) is 166 cm³/mol. The van der Waals surface area contributed by atoms with Crippen LogP contribution in [0.3, 0.4) is 0 Å². The van der Waals surface area contributed by atoms with E-state index in [9.17, 15) is 24.0 Å². The number of ketones is 1. The number of carbonyl (C=O) groups is 5. The lowest BCUT2D eigenvalue weighted by atomic mass is 9.63. The van der Waals surface area contributed by atoms with Crippen molar-refractivity contribution in [2.75, 3.05) is 6.54 Å². The fourth-order valence-electron chi connectivity index (χ4n) is 6.97. The first-order chi connectivity index (χ1) is 21.5. The number of imide groups is 1. The Morgan fingerprint density at radius 1 is 0.756 bits per heavy atom. The molecule has 45 heavy (non-hydrogen) atoms. The van der Waals surface area contributed by atoms with Crippen molar-refractivity contribution in [3.63, 3.8) is 0 Å². The molecule has 4 aliphatic carbocycles. The Hall–Kier alpha value is -3.69. The number of amides is 3. The molecule has 0 spiro atoms. The van der Waals surface area contributed by atoms with Crippen LogP contribution in [0.15, 0.2) is 72.8 Å². The van der Waals surface area contributed by atoms with Crippen LogP contribution < -0.4 is 4.74 Å². The number of hydrogen-bond donors (Lipinski definition) is 0. The van der Waals surface area contributed by atoms with Crippen LogP contribution in [0.25, 0.3) is 0 Å². The summed E-state index contributed by atoms with van der Waals surface area (Å²) in [5.41, 5.74) is 0.243. The van der Waals surface area contributed by atoms with Crippen LogP contribution in [0.4, 0.5) is 0 Å². The molecular weight excluding hydrogens is 662 g/mol. The van der Waals surface area contributed by atoms with Crippen molar-refractivity contribution in [1.29, 1.82) is 0 Å². The highest BCUT2D eigenvalue weighted by Crippen LogP contribution is 2.65. The van der Waals surface area contributed by atoms with Crippen molar-refractivity contribution < 1.29 is 28.7 Å². The van der Waals surface area contributed by atoms with Gasteiger partial charge in [-0.25, -0.2) is 9.80 Å². The van der Waals surface area contributed by atoms with Crippen LogP contribution in [-0.4, -0.2) is 46.0 Å². The van der Waals surface area contributed by atoms with Crippen molar-refractivity contribution in [1.82, 2.24) is 10.0 Å². The molecule has 1 heterocycles. The molecule has 0 radical (unpaired) electrons. The Morgan fingerprint density at radius 3 is 1.82 bits per heavy atom. The van der Waals surface area contributed by atoms with Crippen molar-refractivity contribution in [3.05, 3.63) is 110 Å². The maximum absolute atomic E-state index is 13.9. The summed E-state index contributed by atoms with van der Waals surface area (Å²) >= 11 is 24.4. The van der Waals surface area contributed by atoms with E-state index in [1.54, 1.807) is 0 Å². The summed E-state index contributed by atoms with van der Waals surface area (Å²) in [7, 11) is 0. The number of carbonyl (C=O) groups excluding carboxylic acids is 5. The lowest BCUT2D eigenvalue weighted by molar-refractivity contribution is -0.154. The second-order valence-corrected chi connectivity index (χ2v) is 13.3. The molecule has 228 valence electrons. The van der Waals surface area contributed by atoms with Gasteiger partial charge in [-0.3, -0.25) is 19.2 Å². The summed E-state index contributed by atoms with van der Waals surface area (Å²) in [6, 6.07) is 14.2. The predicted octanol–water partition coefficient (Wildman–Crippen LogP) is 6.81. The van der Waals surface area contributed by atoms with Gasteiger partial charge in [-0.1, -0.05) is 58.6 Å². The number of rotatable bonds is 7. The van der Waals surface area contributed by atoms with Crippen molar-refractivity contribution >= 4 is 75.9 Å². The van der Waals surface area contributed by atoms with E-state index in [0.29, 0.717) is 21.9 Å². The molecule has 0 aromatic heterocycles. The topological polar surface area (TPSA) is 101 Å². The number of ether oxygens (including phenoxy) is 1. The second-order valence-electron chi connectivity index (χ2n) is 11.6. The van der Waals surface area contributed by atoms with Crippen molar-refractivity contribution in [2.24, 2.45) is 35.5 Å². The Kier molecular flexibility index (Phi) is 7.52. The second kappa shape index (κ2) is 11.3. The number of Topliss-reactive ketones (excluding diaryl/α,β-unsaturated/α-hetero) is 1. The largest absolute Gasteiger partial charge is 0.423 e. The average molecular weight is 684 g/mol. The third-order valence-electron chi connectivity index (χ3n) is 9.11. The zero-order chi connectivity index (χ0) is 31.7. The molecule has 8 nitrogen and oxygen atoms in total. The Bertz CT molecular complexity index is 1810. The molecule has 3 fully saturated rings. The number of esters is 1. The van der Waals surface area contributed by atoms with Gasteiger partial charge in [-0.15, -0.1) is 0 Å². The number of halogens is 4. The minimum absolute atomic E-state index is 0.0106. The number of benzene rings is 3. The minimum Gasteiger partial charge on any atom is -0.423 e. The quantitative estimate of drug-likeness (QED) is 0.0892. The van der Waals surface area contributed by atoms with Gasteiger partial charge in [0, 0.05) is 15.6 Å². The number of nitrogens with zero attached hydrogens (tertiary/aromatic N) is 2. The average Bonchev–Trinajstić information content (AvgIpc) is 3.79. The molecule has 3 aromatic rings. The van der Waals surface area contributed by atoms with Gasteiger partial charge in [0.15, 0.2) is 5.78 Å². The molecule has 1 saturated heterocycles. The van der Waals surface area contributed by atoms with E-state index in [4.69, 9.17) is 51.1 Å². The SMILES string of the molecule is O=C(CN(C(=O)c1ccc(Cl)cc1Cl)N1C(=O)[C@@H]2[C@H]3C=C[C@@H]([C@@H]4C[C@H]34)[C@@H]2C1=O)c1ccc(OC(=O)c2ccc(Cl)cc2Cl)cc1. The Balaban J connectivity index is 1.15. The summed E-state index contributed by atoms with van der Waals surface area (Å²) in [5, 5.41) is 2.53. The molecule has 0 unspecified atom stereocenters. The molecular formula is C33H22Cl4N2O6. The molecule has 12 heteroatoms. The minimum atomic E-state index is -0.791. The van der Waals surface area contributed by atoms with Crippen LogP contribution in [0.2, 0.25) is 20.1 Å². The highest BCUT2D eigenvalue weighted by Gasteiger charge is 2.68. The van der Waals surface area contributed by atoms with Crippen molar-refractivity contribution in [3.8, 4) is 5.75 Å². The highest BCUT2D eigenvalue weighted by atomic mass is 35.5. The highest BCUT2D eigenvalue weighted by molar-refractivity contribution is 6.37. The smallest absolute Gasteiger partial charge is 0.345 e. The summed E-state index contributed by atoms with van der Waals surface area (Å²) < 4.78 is 5.39. The summed E-state index contributed by atoms with van der Waals surface area (Å²) in [6.45, 7) is -0.621. The lowest BCUT2D eigenvalue weighted by Gasteiger charge is -2.37. The molecule has 2 bridgehead atoms. The molecule has 5 aliphatic rings. The molecule has 3 amide bonds. The molecule has 0 N–H and O–H groups in total. The third kappa shape index (κ3) is 5.14. The van der Waals surface area contributed by atoms with E-state index >= 15 is 0 Å². The standard InChI is InChI=1S/C33H22Cl4N2O6/c34-16-3-7-21(25(36)11-16)30(41)38(39-31(42)28-19-9-10-20(24-13-23(19)24)29(28)32(39)43)14-27(40)15-1-5-18(6-2-15)45-33(44)22-8-4-17(35)12-26(22)37/h1-12,19-20,23-24,28-29H,13-14H2/t19-,20-,23-,24+,28-,29+/m0/s1. The maximum atomic E-state index is 13.9. The lowest BCUT2D eigenvalue weighted by Crippen LogP contribution is -2.52. The van der Waals surface area contributed by atoms with E-state index in [0.717, 1.165) is 16.4 Å². The first kappa shape index (κ1) is 30.0. The third-order valence-corrected chi connectivity index (χ3v) is 10.2. The first-order valence-electron chi connectivity index (χ1n) is 14.2. The van der Waals surface area contributed by atoms with Crippen LogP contribution in [-0.2, 0) is 9.59 Å². The fraction of sp³-hybridized carbons (Fsp3) is 0.242. The Labute approximate surface area is 277 Å². The number of hydrogen-bond acceptors (Lipinski definition) is 6. The normalized spacial score (nSPS) is 25.6. The van der Waals surface area contributed by atoms with E-state index < -0.39 is 47.9 Å². The molecule has 2 saturated carbocycles. The van der Waals surface area contributed by atoms with Gasteiger partial charge in [0.1, 0.15) is 12.3 Å². The zero-order valence-electron chi connectivity index (χ0n) is 23.2. The van der Waals surface area contributed by atoms with E-state index in [1.165, 1.54) is 60.7 Å². The molecule has 8 rings (SSSR count). The summed E-state index contributed by atoms with van der Waals surface area (Å²) in [4.78, 5) is 67.9. The van der Waals surface area contributed by atoms with Gasteiger partial charge in [0.2, 0.25) is 0 Å². The molecule has 1 aliphatic heterocycles. The monoisotopic (exact) mass is 682 g/mol. The summed E-state index contributed by atoms with van der Waals surface area (Å²) in [6.07, 6.45) is 5.03. The van der Waals surface area contributed by atoms with Gasteiger partial charge in [0.25, 0.3) is 17.7 Å². The van der Waals surface area contributed by atoms with E-state index in [1.807, 2.05) is 12.2 Å². The van der Waals surface area contributed by atoms with Gasteiger partial charge >= 0.3 is 5.97 Å². The molecule has 3 aromatic carbocycles. The van der Waals surface area contributed by atoms with Crippen LogP contribution in [0.1, 0.15) is 37.5 Å². The van der Waals surface area contributed by atoms with Crippen molar-refractivity contribution in [2.45, 2.75) is 6.42 Å². The van der Waals surface area contributed by atoms with E-state index in [-0.39, 0.29) is 44.3 Å². The van der Waals surface area contributed by atoms with E-state index in [2.05, 4.69) is 0 Å². The van der Waals surface area contributed by atoms with Gasteiger partial charge in [0.05, 0.1) is 33.0 Å². The Morgan fingerprint density at radius 2 is 1.29 bits per heavy atom. The zero-order valence-corrected chi connectivity index (χ0v) is 26.2. The number of allylic oxidation sites excluding steroid dienone is 2. The van der Waals surface area contributed by atoms with Gasteiger partial charge < -0.3 is 4.74 Å². The maximum Gasteiger partial charge on any atom is 0.345 e. The van der Waals surface area contributed by atoms with Crippen LogP contribution in [0, 0.1) is 35.5 Å². The van der Waals surface area contributed by atoms with Gasteiger partial charge in [-0.2, -0.15) is 5.01 Å². The fourth-order valence-corrected chi connectivity index (χ4v) is 7.94. The first-order valence-corrected chi connectivity index (χ1v) is 15.7. The molecule has 6 atom stereocenters. The van der Waals surface area contributed by atoms with Gasteiger partial charge in [-0.05, 0) is 90.8 Å². The number of hydrazine groups is 1. The van der Waals surface area contributed by atoms with Crippen LogP contribution >= 0.6 is 46.4 Å². The van der Waals surface area contributed by atoms with Crippen LogP contribution in [0.5, 0.6) is 5.75 Å². The summed E-state index contributed by atoms with van der Waals surface area (Å²) in [5.74, 6) is -3.51.